The van der Waals surface area contributed by atoms with Crippen LogP contribution >= 0.6 is 0 Å². The number of benzene rings is 1. The molecule has 2 bridgehead atoms. The highest BCUT2D eigenvalue weighted by Crippen LogP contribution is 2.41. The number of amides is 3. The number of ether oxygens (including phenoxy) is 1. The van der Waals surface area contributed by atoms with Gasteiger partial charge in [0.25, 0.3) is 0 Å². The third kappa shape index (κ3) is 3.48. The lowest BCUT2D eigenvalue weighted by molar-refractivity contribution is -0.135. The van der Waals surface area contributed by atoms with Crippen LogP contribution in [0.5, 0.6) is 0 Å². The van der Waals surface area contributed by atoms with Crippen molar-refractivity contribution in [3.63, 3.8) is 0 Å². The number of piperidine rings is 2. The molecule has 1 N–H and O–H groups in total. The van der Waals surface area contributed by atoms with Crippen LogP contribution in [0.3, 0.4) is 0 Å². The van der Waals surface area contributed by atoms with E-state index in [1.165, 1.54) is 4.57 Å². The van der Waals surface area contributed by atoms with Gasteiger partial charge in [0.05, 0.1) is 16.7 Å². The van der Waals surface area contributed by atoms with Gasteiger partial charge in [0.2, 0.25) is 11.8 Å². The summed E-state index contributed by atoms with van der Waals surface area (Å²) in [4.78, 5) is 53.8. The van der Waals surface area contributed by atoms with Gasteiger partial charge in [0, 0.05) is 38.6 Å². The van der Waals surface area contributed by atoms with E-state index in [9.17, 15) is 19.2 Å². The normalized spacial score (nSPS) is 25.2. The highest BCUT2D eigenvalue weighted by atomic mass is 16.6. The lowest BCUT2D eigenvalue weighted by atomic mass is 9.86. The van der Waals surface area contributed by atoms with Gasteiger partial charge in [-0.2, -0.15) is 0 Å². The standard InChI is InChI=1S/C23H29N5O5/c1-23(2,3)33-22(32)26-11-13-10-14(12-26)27(13)15-6-5-7-16-19(15)25(4)21(31)28(16)17-8-9-18(29)24-20(17)30/h5-7,13-14,17H,8-12H2,1-4H3,(H,24,29,30). The van der Waals surface area contributed by atoms with Gasteiger partial charge < -0.3 is 14.5 Å². The molecule has 0 aliphatic carbocycles. The van der Waals surface area contributed by atoms with Gasteiger partial charge in [-0.25, -0.2) is 9.59 Å². The zero-order valence-corrected chi connectivity index (χ0v) is 19.3. The lowest BCUT2D eigenvalue weighted by Gasteiger charge is -2.57. The number of aromatic nitrogens is 2. The summed E-state index contributed by atoms with van der Waals surface area (Å²) in [6.45, 7) is 6.69. The van der Waals surface area contributed by atoms with Crippen LogP contribution in [0.25, 0.3) is 11.0 Å². The molecule has 3 aliphatic rings. The summed E-state index contributed by atoms with van der Waals surface area (Å²) in [6.07, 6.45) is 1.17. The third-order valence-corrected chi connectivity index (χ3v) is 6.73. The molecule has 0 radical (unpaired) electrons. The number of carbonyl (C=O) groups is 3. The van der Waals surface area contributed by atoms with E-state index in [0.29, 0.717) is 25.0 Å². The van der Waals surface area contributed by atoms with Gasteiger partial charge >= 0.3 is 11.8 Å². The topological polar surface area (TPSA) is 106 Å². The number of carbonyl (C=O) groups excluding carboxylic acids is 3. The molecule has 1 aromatic heterocycles. The molecule has 33 heavy (non-hydrogen) atoms. The van der Waals surface area contributed by atoms with Crippen LogP contribution in [-0.4, -0.2) is 62.7 Å². The number of hydrogen-bond donors (Lipinski definition) is 1. The van der Waals surface area contributed by atoms with Crippen LogP contribution in [0.2, 0.25) is 0 Å². The number of anilines is 1. The molecule has 3 unspecified atom stereocenters. The van der Waals surface area contributed by atoms with Crippen molar-refractivity contribution in [2.24, 2.45) is 7.05 Å². The Morgan fingerprint density at radius 1 is 1.12 bits per heavy atom. The predicted octanol–water partition coefficient (Wildman–Crippen LogP) is 1.52. The van der Waals surface area contributed by atoms with Gasteiger partial charge in [-0.3, -0.25) is 24.0 Å². The summed E-state index contributed by atoms with van der Waals surface area (Å²) < 4.78 is 8.62. The predicted molar refractivity (Wildman–Crippen MR) is 121 cm³/mol. The van der Waals surface area contributed by atoms with Crippen molar-refractivity contribution in [2.45, 2.75) is 63.8 Å². The molecule has 5 rings (SSSR count). The molecule has 3 aliphatic heterocycles. The van der Waals surface area contributed by atoms with E-state index < -0.39 is 17.6 Å². The number of hydrogen-bond acceptors (Lipinski definition) is 6. The Balaban J connectivity index is 1.47. The third-order valence-electron chi connectivity index (χ3n) is 6.73. The number of piperazine rings is 1. The maximum absolute atomic E-state index is 13.2. The Kier molecular flexibility index (Phi) is 4.80. The first kappa shape index (κ1) is 21.5. The smallest absolute Gasteiger partial charge is 0.410 e. The van der Waals surface area contributed by atoms with Gasteiger partial charge in [-0.1, -0.05) is 6.07 Å². The minimum atomic E-state index is -0.715. The minimum Gasteiger partial charge on any atom is -0.444 e. The number of aryl methyl sites for hydroxylation is 1. The summed E-state index contributed by atoms with van der Waals surface area (Å²) in [6, 6.07) is 5.27. The van der Waals surface area contributed by atoms with Gasteiger partial charge in [0.1, 0.15) is 11.6 Å². The zero-order chi connectivity index (χ0) is 23.7. The molecule has 0 spiro atoms. The fraction of sp³-hybridized carbons (Fsp3) is 0.565. The maximum Gasteiger partial charge on any atom is 0.410 e. The number of imide groups is 1. The average molecular weight is 456 g/mol. The Morgan fingerprint density at radius 2 is 1.82 bits per heavy atom. The van der Waals surface area contributed by atoms with Crippen LogP contribution in [0.1, 0.15) is 46.1 Å². The first-order valence-corrected chi connectivity index (χ1v) is 11.3. The molecule has 2 aromatic rings. The van der Waals surface area contributed by atoms with Gasteiger partial charge in [-0.05, 0) is 45.7 Å². The summed E-state index contributed by atoms with van der Waals surface area (Å²) in [5.41, 5.74) is 1.52. The van der Waals surface area contributed by atoms with Crippen molar-refractivity contribution in [1.82, 2.24) is 19.4 Å². The summed E-state index contributed by atoms with van der Waals surface area (Å²) in [7, 11) is 1.71. The Bertz CT molecular complexity index is 1210. The van der Waals surface area contributed by atoms with E-state index in [2.05, 4.69) is 10.2 Å². The van der Waals surface area contributed by atoms with Crippen molar-refractivity contribution < 1.29 is 19.1 Å². The number of nitrogens with zero attached hydrogens (tertiary/aromatic N) is 4. The Hall–Kier alpha value is -3.30. The minimum absolute atomic E-state index is 0.135. The number of para-hydroxylation sites is 1. The molecule has 3 fully saturated rings. The summed E-state index contributed by atoms with van der Waals surface area (Å²) in [5.74, 6) is -0.756. The number of nitrogens with one attached hydrogen (secondary N) is 1. The second kappa shape index (κ2) is 7.36. The highest BCUT2D eigenvalue weighted by Gasteiger charge is 2.47. The number of fused-ring (bicyclic) bond motifs is 3. The number of imidazole rings is 1. The van der Waals surface area contributed by atoms with Crippen LogP contribution in [-0.2, 0) is 21.4 Å². The molecule has 3 saturated heterocycles. The summed E-state index contributed by atoms with van der Waals surface area (Å²) in [5, 5.41) is 2.35. The van der Waals surface area contributed by atoms with Crippen molar-refractivity contribution in [2.75, 3.05) is 18.0 Å². The Morgan fingerprint density at radius 3 is 2.45 bits per heavy atom. The quantitative estimate of drug-likeness (QED) is 0.689. The first-order valence-electron chi connectivity index (χ1n) is 11.3. The first-order chi connectivity index (χ1) is 15.5. The molecule has 0 saturated carbocycles. The Labute approximate surface area is 191 Å². The highest BCUT2D eigenvalue weighted by molar-refractivity contribution is 6.00. The van der Waals surface area contributed by atoms with Crippen molar-refractivity contribution >= 4 is 34.6 Å². The molecule has 3 atom stereocenters. The van der Waals surface area contributed by atoms with E-state index in [-0.39, 0.29) is 36.2 Å². The van der Waals surface area contributed by atoms with Crippen molar-refractivity contribution in [3.8, 4) is 0 Å². The van der Waals surface area contributed by atoms with Crippen LogP contribution < -0.4 is 15.9 Å². The van der Waals surface area contributed by atoms with Crippen LogP contribution in [0.15, 0.2) is 23.0 Å². The molecule has 1 aromatic carbocycles. The molecule has 176 valence electrons. The molecule has 10 heteroatoms. The van der Waals surface area contributed by atoms with Crippen LogP contribution in [0, 0.1) is 0 Å². The molecule has 3 amide bonds. The van der Waals surface area contributed by atoms with Crippen molar-refractivity contribution in [3.05, 3.63) is 28.7 Å². The molecular formula is C23H29N5O5. The van der Waals surface area contributed by atoms with E-state index in [4.69, 9.17) is 4.74 Å². The lowest BCUT2D eigenvalue weighted by Crippen LogP contribution is -2.70. The second-order valence-corrected chi connectivity index (χ2v) is 10.2. The summed E-state index contributed by atoms with van der Waals surface area (Å²) >= 11 is 0. The van der Waals surface area contributed by atoms with Gasteiger partial charge in [-0.15, -0.1) is 0 Å². The monoisotopic (exact) mass is 455 g/mol. The van der Waals surface area contributed by atoms with Crippen molar-refractivity contribution in [1.29, 1.82) is 0 Å². The fourth-order valence-corrected chi connectivity index (χ4v) is 5.33. The van der Waals surface area contributed by atoms with E-state index in [0.717, 1.165) is 17.6 Å². The second-order valence-electron chi connectivity index (χ2n) is 10.2. The molecule has 10 nitrogen and oxygen atoms in total. The largest absolute Gasteiger partial charge is 0.444 e. The number of rotatable bonds is 2. The van der Waals surface area contributed by atoms with E-state index >= 15 is 0 Å². The van der Waals surface area contributed by atoms with E-state index in [1.807, 2.05) is 39.0 Å². The van der Waals surface area contributed by atoms with Crippen LogP contribution in [0.4, 0.5) is 10.5 Å². The fourth-order valence-electron chi connectivity index (χ4n) is 5.33. The molecule has 4 heterocycles. The SMILES string of the molecule is Cn1c(=O)n(C2CCC(=O)NC2=O)c2cccc(N3C4CC3CN(C(=O)OC(C)(C)C)C4)c21. The zero-order valence-electron chi connectivity index (χ0n) is 19.3. The maximum atomic E-state index is 13.2. The average Bonchev–Trinajstić information content (AvgIpc) is 2.98. The molecular weight excluding hydrogens is 426 g/mol. The van der Waals surface area contributed by atoms with Gasteiger partial charge in [0.15, 0.2) is 0 Å². The van der Waals surface area contributed by atoms with E-state index in [1.54, 1.807) is 16.5 Å². The number of likely N-dealkylation sites (tertiary alicyclic amines) is 1.